The van der Waals surface area contributed by atoms with Crippen LogP contribution in [0.4, 0.5) is 0 Å². The van der Waals surface area contributed by atoms with Crippen LogP contribution in [-0.2, 0) is 13.6 Å². The zero-order valence-corrected chi connectivity index (χ0v) is 12.5. The second-order valence-electron chi connectivity index (χ2n) is 5.76. The van der Waals surface area contributed by atoms with Crippen molar-refractivity contribution in [3.8, 4) is 11.4 Å². The summed E-state index contributed by atoms with van der Waals surface area (Å²) >= 11 is 0. The van der Waals surface area contributed by atoms with E-state index in [1.807, 2.05) is 0 Å². The first-order valence-corrected chi connectivity index (χ1v) is 7.51. The van der Waals surface area contributed by atoms with Gasteiger partial charge in [-0.3, -0.25) is 0 Å². The first kappa shape index (κ1) is 12.4. The van der Waals surface area contributed by atoms with Crippen LogP contribution in [0.1, 0.15) is 17.5 Å². The number of imidazole rings is 1. The molecule has 2 aromatic carbocycles. The second kappa shape index (κ2) is 4.59. The molecule has 1 aliphatic rings. The minimum Gasteiger partial charge on any atom is -0.226 e. The molecule has 104 valence electrons. The van der Waals surface area contributed by atoms with Crippen LogP contribution >= 0.6 is 0 Å². The lowest BCUT2D eigenvalue weighted by Crippen LogP contribution is -2.35. The Morgan fingerprint density at radius 1 is 1.05 bits per heavy atom. The third kappa shape index (κ3) is 1.75. The highest BCUT2D eigenvalue weighted by Crippen LogP contribution is 2.28. The van der Waals surface area contributed by atoms with Crippen molar-refractivity contribution in [1.29, 1.82) is 0 Å². The summed E-state index contributed by atoms with van der Waals surface area (Å²) < 4.78 is 4.81. The number of hydrogen-bond donors (Lipinski definition) is 0. The summed E-state index contributed by atoms with van der Waals surface area (Å²) in [5.41, 5.74) is 6.62. The Labute approximate surface area is 125 Å². The molecule has 0 saturated carbocycles. The molecule has 0 fully saturated rings. The molecule has 0 spiro atoms. The summed E-state index contributed by atoms with van der Waals surface area (Å²) in [6, 6.07) is 15.2. The Balaban J connectivity index is 2.15. The molecule has 2 heteroatoms. The molecule has 0 aliphatic carbocycles. The van der Waals surface area contributed by atoms with Crippen LogP contribution in [-0.4, -0.2) is 4.57 Å². The Bertz CT molecular complexity index is 869. The Kier molecular flexibility index (Phi) is 2.71. The maximum atomic E-state index is 2.48. The number of nitrogens with zero attached hydrogens (tertiary/aromatic N) is 2. The second-order valence-corrected chi connectivity index (χ2v) is 5.76. The van der Waals surface area contributed by atoms with Crippen molar-refractivity contribution in [3.05, 3.63) is 59.7 Å². The lowest BCUT2D eigenvalue weighted by Gasteiger charge is -2.05. The third-order valence-corrected chi connectivity index (χ3v) is 4.45. The monoisotopic (exact) mass is 275 g/mol. The molecular formula is C19H19N2+. The SMILES string of the molecule is Cc1ccccc1-c1n(C)c2cccc3c2[n+]1CCC=C3. The molecule has 0 N–H and O–H groups in total. The van der Waals surface area contributed by atoms with Gasteiger partial charge in [0.2, 0.25) is 0 Å². The van der Waals surface area contributed by atoms with Gasteiger partial charge in [-0.25, -0.2) is 9.13 Å². The maximum absolute atomic E-state index is 2.48. The van der Waals surface area contributed by atoms with E-state index in [0.717, 1.165) is 13.0 Å². The smallest absolute Gasteiger partial charge is 0.226 e. The van der Waals surface area contributed by atoms with E-state index in [1.54, 1.807) is 0 Å². The summed E-state index contributed by atoms with van der Waals surface area (Å²) in [6.45, 7) is 3.23. The number of benzene rings is 2. The Hall–Kier alpha value is -2.35. The van der Waals surface area contributed by atoms with Crippen LogP contribution in [0.3, 0.4) is 0 Å². The fraction of sp³-hybridized carbons (Fsp3) is 0.211. The molecule has 0 unspecified atom stereocenters. The van der Waals surface area contributed by atoms with Gasteiger partial charge in [0.1, 0.15) is 0 Å². The molecule has 1 aromatic heterocycles. The molecule has 2 nitrogen and oxygen atoms in total. The first-order chi connectivity index (χ1) is 10.3. The number of allylic oxidation sites excluding steroid dienone is 1. The van der Waals surface area contributed by atoms with Gasteiger partial charge in [0, 0.05) is 12.0 Å². The molecular weight excluding hydrogens is 256 g/mol. The van der Waals surface area contributed by atoms with Crippen LogP contribution < -0.4 is 4.57 Å². The van der Waals surface area contributed by atoms with Crippen molar-refractivity contribution in [3.63, 3.8) is 0 Å². The molecule has 4 rings (SSSR count). The molecule has 0 saturated heterocycles. The Morgan fingerprint density at radius 3 is 2.76 bits per heavy atom. The molecule has 0 radical (unpaired) electrons. The van der Waals surface area contributed by atoms with E-state index >= 15 is 0 Å². The number of hydrogen-bond acceptors (Lipinski definition) is 0. The van der Waals surface area contributed by atoms with Gasteiger partial charge < -0.3 is 0 Å². The zero-order valence-electron chi connectivity index (χ0n) is 12.5. The molecule has 0 atom stereocenters. The molecule has 1 aliphatic heterocycles. The van der Waals surface area contributed by atoms with E-state index in [4.69, 9.17) is 0 Å². The van der Waals surface area contributed by atoms with Gasteiger partial charge in [-0.1, -0.05) is 42.5 Å². The van der Waals surface area contributed by atoms with Crippen LogP contribution in [0.5, 0.6) is 0 Å². The zero-order chi connectivity index (χ0) is 14.4. The van der Waals surface area contributed by atoms with E-state index < -0.39 is 0 Å². The van der Waals surface area contributed by atoms with E-state index in [2.05, 4.69) is 77.7 Å². The highest BCUT2D eigenvalue weighted by atomic mass is 15.2. The van der Waals surface area contributed by atoms with Crippen LogP contribution in [0.15, 0.2) is 48.5 Å². The molecule has 2 heterocycles. The summed E-state index contributed by atoms with van der Waals surface area (Å²) in [7, 11) is 2.18. The van der Waals surface area contributed by atoms with Gasteiger partial charge in [-0.05, 0) is 24.6 Å². The van der Waals surface area contributed by atoms with Gasteiger partial charge in [0.05, 0.1) is 19.2 Å². The normalized spacial score (nSPS) is 13.6. The van der Waals surface area contributed by atoms with Crippen molar-refractivity contribution in [2.45, 2.75) is 19.9 Å². The van der Waals surface area contributed by atoms with Crippen LogP contribution in [0, 0.1) is 6.92 Å². The standard InChI is InChI=1S/C19H19N2/c1-14-8-3-4-11-16(14)19-20(2)17-12-7-10-15-9-5-6-13-21(19)18(15)17/h3-5,7-12H,6,13H2,1-2H3/q+1. The lowest BCUT2D eigenvalue weighted by molar-refractivity contribution is -0.659. The Morgan fingerprint density at radius 2 is 1.90 bits per heavy atom. The minimum atomic E-state index is 1.04. The molecule has 0 amide bonds. The average Bonchev–Trinajstić information content (AvgIpc) is 2.66. The quantitative estimate of drug-likeness (QED) is 0.596. The fourth-order valence-corrected chi connectivity index (χ4v) is 3.43. The van der Waals surface area contributed by atoms with E-state index in [-0.39, 0.29) is 0 Å². The van der Waals surface area contributed by atoms with Gasteiger partial charge in [0.25, 0.3) is 5.82 Å². The fourth-order valence-electron chi connectivity index (χ4n) is 3.43. The predicted octanol–water partition coefficient (Wildman–Crippen LogP) is 3.86. The largest absolute Gasteiger partial charge is 0.289 e. The van der Waals surface area contributed by atoms with Crippen LogP contribution in [0.25, 0.3) is 28.5 Å². The number of aromatic nitrogens is 2. The third-order valence-electron chi connectivity index (χ3n) is 4.45. The van der Waals surface area contributed by atoms with Crippen LogP contribution in [0.2, 0.25) is 0 Å². The van der Waals surface area contributed by atoms with Crippen molar-refractivity contribution >= 4 is 17.1 Å². The lowest BCUT2D eigenvalue weighted by atomic mass is 10.1. The molecule has 21 heavy (non-hydrogen) atoms. The van der Waals surface area contributed by atoms with Gasteiger partial charge in [0.15, 0.2) is 11.0 Å². The minimum absolute atomic E-state index is 1.04. The summed E-state index contributed by atoms with van der Waals surface area (Å²) in [5.74, 6) is 1.30. The van der Waals surface area contributed by atoms with E-state index in [9.17, 15) is 0 Å². The van der Waals surface area contributed by atoms with Gasteiger partial charge in [-0.15, -0.1) is 0 Å². The van der Waals surface area contributed by atoms with E-state index in [1.165, 1.54) is 33.5 Å². The summed E-state index contributed by atoms with van der Waals surface area (Å²) in [6.07, 6.45) is 5.62. The summed E-state index contributed by atoms with van der Waals surface area (Å²) in [5, 5.41) is 0. The number of aryl methyl sites for hydroxylation is 3. The van der Waals surface area contributed by atoms with Crippen molar-refractivity contribution in [1.82, 2.24) is 4.57 Å². The highest BCUT2D eigenvalue weighted by Gasteiger charge is 2.27. The first-order valence-electron chi connectivity index (χ1n) is 7.51. The van der Waals surface area contributed by atoms with Crippen molar-refractivity contribution < 1.29 is 4.57 Å². The van der Waals surface area contributed by atoms with Crippen molar-refractivity contribution in [2.24, 2.45) is 7.05 Å². The predicted molar refractivity (Wildman–Crippen MR) is 86.9 cm³/mol. The maximum Gasteiger partial charge on any atom is 0.289 e. The average molecular weight is 275 g/mol. The molecule has 0 bridgehead atoms. The topological polar surface area (TPSA) is 8.81 Å². The van der Waals surface area contributed by atoms with E-state index in [0.29, 0.717) is 0 Å². The van der Waals surface area contributed by atoms with Gasteiger partial charge in [-0.2, -0.15) is 0 Å². The van der Waals surface area contributed by atoms with Crippen molar-refractivity contribution in [2.75, 3.05) is 0 Å². The summed E-state index contributed by atoms with van der Waals surface area (Å²) in [4.78, 5) is 0. The number of rotatable bonds is 1. The number of para-hydroxylation sites is 1. The molecule has 3 aromatic rings. The highest BCUT2D eigenvalue weighted by molar-refractivity contribution is 5.85. The van der Waals surface area contributed by atoms with Gasteiger partial charge >= 0.3 is 0 Å².